The zero-order valence-electron chi connectivity index (χ0n) is 17.9. The van der Waals surface area contributed by atoms with Gasteiger partial charge in [-0.1, -0.05) is 0 Å². The Balaban J connectivity index is 1.81. The molecule has 3 N–H and O–H groups in total. The monoisotopic (exact) mass is 427 g/mol. The molecule has 0 aliphatic rings. The van der Waals surface area contributed by atoms with Gasteiger partial charge < -0.3 is 20.1 Å². The maximum atomic E-state index is 10.1. The summed E-state index contributed by atoms with van der Waals surface area (Å²) in [6.07, 6.45) is 10.6. The number of phenolic OH excluding ortho intramolecular Hbond substituents is 1. The van der Waals surface area contributed by atoms with E-state index in [0.717, 1.165) is 44.8 Å². The molecule has 3 heterocycles. The lowest BCUT2D eigenvalue weighted by Crippen LogP contribution is -2.11. The number of phenols is 1. The fraction of sp³-hybridized carbons (Fsp3) is 0.364. The third-order valence-corrected chi connectivity index (χ3v) is 6.56. The number of nitrogens with two attached hydrogens (primary N) is 1. The molecule has 0 saturated heterocycles. The number of hydrogen-bond acceptors (Lipinski definition) is 5. The minimum atomic E-state index is -0.616. The van der Waals surface area contributed by atoms with Crippen LogP contribution < -0.4 is 5.73 Å². The van der Waals surface area contributed by atoms with Gasteiger partial charge in [-0.15, -0.1) is 0 Å². The van der Waals surface area contributed by atoms with Crippen molar-refractivity contribution >= 4 is 32.1 Å². The van der Waals surface area contributed by atoms with Gasteiger partial charge in [-0.3, -0.25) is 4.57 Å². The average Bonchev–Trinajstić information content (AvgIpc) is 3.21. The number of benzene rings is 1. The van der Waals surface area contributed by atoms with Gasteiger partial charge in [0.05, 0.1) is 24.2 Å². The zero-order chi connectivity index (χ0) is 21.5. The smallest absolute Gasteiger partial charge is 0.161 e. The van der Waals surface area contributed by atoms with Crippen molar-refractivity contribution in [3.8, 4) is 17.0 Å². The van der Waals surface area contributed by atoms with Crippen molar-refractivity contribution in [3.05, 3.63) is 42.4 Å². The van der Waals surface area contributed by atoms with Crippen LogP contribution in [-0.2, 0) is 25.1 Å². The topological polar surface area (TPSA) is 91.1 Å². The van der Waals surface area contributed by atoms with Crippen molar-refractivity contribution in [1.29, 1.82) is 0 Å². The summed E-state index contributed by atoms with van der Waals surface area (Å²) in [6, 6.07) is 7.45. The van der Waals surface area contributed by atoms with Crippen LogP contribution in [0.25, 0.3) is 33.3 Å². The maximum absolute atomic E-state index is 10.1. The van der Waals surface area contributed by atoms with Crippen molar-refractivity contribution in [2.24, 2.45) is 12.8 Å². The first-order chi connectivity index (χ1) is 14.3. The molecule has 0 amide bonds. The van der Waals surface area contributed by atoms with E-state index in [-0.39, 0.29) is 5.75 Å². The number of fused-ring (bicyclic) bond motifs is 2. The van der Waals surface area contributed by atoms with Crippen LogP contribution in [0.2, 0.25) is 0 Å². The standard InChI is InChI=1S/C22H29N5O2S/c1-26-13-18(17-9-16(28)5-6-20(17)26)21-10-19-22(24-12-15(11-23)25-19)27(21)14-29-7-8-30(2,3)4/h5-6,9-10,12-13,28H,7-8,11,14,23H2,1-4H3. The van der Waals surface area contributed by atoms with Gasteiger partial charge in [0, 0.05) is 42.0 Å². The second-order valence-corrected chi connectivity index (χ2v) is 13.0. The summed E-state index contributed by atoms with van der Waals surface area (Å²) in [4.78, 5) is 9.28. The first-order valence-electron chi connectivity index (χ1n) is 9.84. The summed E-state index contributed by atoms with van der Waals surface area (Å²) in [5.41, 5.74) is 11.1. The van der Waals surface area contributed by atoms with Crippen molar-refractivity contribution < 1.29 is 9.84 Å². The minimum Gasteiger partial charge on any atom is -0.508 e. The van der Waals surface area contributed by atoms with Gasteiger partial charge in [-0.05, 0) is 43.0 Å². The second-order valence-electron chi connectivity index (χ2n) is 8.42. The Kier molecular flexibility index (Phi) is 5.48. The lowest BCUT2D eigenvalue weighted by atomic mass is 10.1. The van der Waals surface area contributed by atoms with Gasteiger partial charge in [-0.25, -0.2) is 20.0 Å². The largest absolute Gasteiger partial charge is 0.508 e. The molecular formula is C22H29N5O2S. The Bertz CT molecular complexity index is 1210. The highest BCUT2D eigenvalue weighted by atomic mass is 32.3. The molecule has 0 fully saturated rings. The summed E-state index contributed by atoms with van der Waals surface area (Å²) in [7, 11) is 1.39. The van der Waals surface area contributed by atoms with E-state index < -0.39 is 10.0 Å². The Morgan fingerprint density at radius 1 is 1.20 bits per heavy atom. The van der Waals surface area contributed by atoms with Crippen LogP contribution in [0.15, 0.2) is 36.7 Å². The Labute approximate surface area is 177 Å². The van der Waals surface area contributed by atoms with Crippen LogP contribution in [-0.4, -0.2) is 55.3 Å². The highest BCUT2D eigenvalue weighted by Crippen LogP contribution is 2.36. The van der Waals surface area contributed by atoms with Gasteiger partial charge in [-0.2, -0.15) is 0 Å². The Morgan fingerprint density at radius 2 is 2.00 bits per heavy atom. The molecule has 0 unspecified atom stereocenters. The highest BCUT2D eigenvalue weighted by molar-refractivity contribution is 8.32. The van der Waals surface area contributed by atoms with E-state index in [4.69, 9.17) is 10.5 Å². The lowest BCUT2D eigenvalue weighted by Gasteiger charge is -2.24. The number of rotatable bonds is 7. The van der Waals surface area contributed by atoms with E-state index in [1.54, 1.807) is 18.3 Å². The van der Waals surface area contributed by atoms with Gasteiger partial charge in [0.15, 0.2) is 5.65 Å². The molecule has 3 aromatic heterocycles. The Morgan fingerprint density at radius 3 is 2.73 bits per heavy atom. The molecule has 0 saturated carbocycles. The third kappa shape index (κ3) is 4.03. The SMILES string of the molecule is Cn1cc(-c2cc3nc(CN)cnc3n2COCCS(C)(C)C)c2cc(O)ccc21. The van der Waals surface area contributed by atoms with Gasteiger partial charge in [0.2, 0.25) is 0 Å². The average molecular weight is 428 g/mol. The molecule has 4 aromatic rings. The number of aryl methyl sites for hydroxylation is 1. The summed E-state index contributed by atoms with van der Waals surface area (Å²) < 4.78 is 10.2. The van der Waals surface area contributed by atoms with E-state index in [9.17, 15) is 5.11 Å². The van der Waals surface area contributed by atoms with Crippen molar-refractivity contribution in [2.75, 3.05) is 31.1 Å². The fourth-order valence-corrected chi connectivity index (χ4v) is 4.18. The molecule has 8 heteroatoms. The van der Waals surface area contributed by atoms with Crippen LogP contribution in [0.4, 0.5) is 0 Å². The van der Waals surface area contributed by atoms with Crippen LogP contribution >= 0.6 is 10.0 Å². The maximum Gasteiger partial charge on any atom is 0.161 e. The number of hydrogen-bond donors (Lipinski definition) is 2. The molecule has 0 spiro atoms. The van der Waals surface area contributed by atoms with Gasteiger partial charge in [0.1, 0.15) is 18.0 Å². The number of nitrogens with zero attached hydrogens (tertiary/aromatic N) is 4. The zero-order valence-corrected chi connectivity index (χ0v) is 18.7. The van der Waals surface area contributed by atoms with Gasteiger partial charge in [0.25, 0.3) is 0 Å². The molecule has 0 aliphatic carbocycles. The lowest BCUT2D eigenvalue weighted by molar-refractivity contribution is 0.0934. The molecule has 1 aromatic carbocycles. The van der Waals surface area contributed by atoms with E-state index >= 15 is 0 Å². The summed E-state index contributed by atoms with van der Waals surface area (Å²) in [5, 5.41) is 11.0. The molecule has 30 heavy (non-hydrogen) atoms. The van der Waals surface area contributed by atoms with Crippen LogP contribution in [0.3, 0.4) is 0 Å². The normalized spacial score (nSPS) is 12.8. The van der Waals surface area contributed by atoms with E-state index in [2.05, 4.69) is 44.1 Å². The molecule has 7 nitrogen and oxygen atoms in total. The second kappa shape index (κ2) is 7.94. The number of ether oxygens (including phenoxy) is 1. The summed E-state index contributed by atoms with van der Waals surface area (Å²) in [6.45, 7) is 1.43. The van der Waals surface area contributed by atoms with E-state index in [0.29, 0.717) is 19.9 Å². The molecule has 0 radical (unpaired) electrons. The first kappa shape index (κ1) is 20.7. The summed E-state index contributed by atoms with van der Waals surface area (Å²) >= 11 is 0. The highest BCUT2D eigenvalue weighted by Gasteiger charge is 2.18. The molecule has 160 valence electrons. The van der Waals surface area contributed by atoms with Crippen molar-refractivity contribution in [3.63, 3.8) is 0 Å². The third-order valence-electron chi connectivity index (χ3n) is 5.17. The number of aromatic nitrogens is 4. The quantitative estimate of drug-likeness (QED) is 0.441. The molecule has 0 atom stereocenters. The molecule has 0 aliphatic heterocycles. The van der Waals surface area contributed by atoms with Crippen LogP contribution in [0, 0.1) is 0 Å². The molecule has 4 rings (SSSR count). The minimum absolute atomic E-state index is 0.240. The number of aromatic hydroxyl groups is 1. The van der Waals surface area contributed by atoms with Crippen LogP contribution in [0.1, 0.15) is 5.69 Å². The molecule has 0 bridgehead atoms. The predicted octanol–water partition coefficient (Wildman–Crippen LogP) is 3.42. The first-order valence-corrected chi connectivity index (χ1v) is 12.9. The van der Waals surface area contributed by atoms with Crippen LogP contribution in [0.5, 0.6) is 5.75 Å². The van der Waals surface area contributed by atoms with Crippen molar-refractivity contribution in [1.82, 2.24) is 19.1 Å². The van der Waals surface area contributed by atoms with Gasteiger partial charge >= 0.3 is 0 Å². The van der Waals surface area contributed by atoms with E-state index in [1.165, 1.54) is 0 Å². The molecular weight excluding hydrogens is 398 g/mol. The Hall–Kier alpha value is -2.55. The fourth-order valence-electron chi connectivity index (χ4n) is 3.56. The predicted molar refractivity (Wildman–Crippen MR) is 125 cm³/mol. The van der Waals surface area contributed by atoms with E-state index in [1.807, 2.05) is 19.2 Å². The van der Waals surface area contributed by atoms with Crippen molar-refractivity contribution in [2.45, 2.75) is 13.3 Å². The summed E-state index contributed by atoms with van der Waals surface area (Å²) in [5.74, 6) is 1.29.